The zero-order chi connectivity index (χ0) is 32.8. The maximum Gasteiger partial charge on any atom is 0.253 e. The van der Waals surface area contributed by atoms with Crippen LogP contribution < -0.4 is 14.8 Å². The van der Waals surface area contributed by atoms with E-state index in [1.165, 1.54) is 11.8 Å². The molecule has 1 N–H and O–H groups in total. The van der Waals surface area contributed by atoms with E-state index in [-0.39, 0.29) is 30.2 Å². The zero-order valence-corrected chi connectivity index (χ0v) is 27.9. The van der Waals surface area contributed by atoms with Gasteiger partial charge in [0.2, 0.25) is 0 Å². The molecule has 1 atom stereocenters. The first-order valence-corrected chi connectivity index (χ1v) is 17.0. The van der Waals surface area contributed by atoms with E-state index in [9.17, 15) is 9.59 Å². The SMILES string of the molecule is CCOc1ccc(-n2c(CNC(=O)c3cccc(OC)c3)nnc2SCC(=O)N2N=C(c3cccs3)CC2c2ccc(C)cc2)cc1. The molecule has 1 aliphatic rings. The highest BCUT2D eigenvalue weighted by molar-refractivity contribution is 7.99. The van der Waals surface area contributed by atoms with Crippen molar-refractivity contribution in [3.05, 3.63) is 118 Å². The van der Waals surface area contributed by atoms with E-state index < -0.39 is 0 Å². The number of benzene rings is 3. The number of thiophene rings is 1. The Bertz CT molecular complexity index is 1870. The quantitative estimate of drug-likeness (QED) is 0.153. The standard InChI is InChI=1S/C35H34N6O4S2/c1-4-45-27-16-14-26(15-17-27)40-32(21-36-34(43)25-7-5-8-28(19-25)44-3)37-38-35(40)47-22-33(42)41-30(24-12-10-23(2)11-13-24)20-29(39-41)31-9-6-18-46-31/h5-19,30H,4,20-22H2,1-3H3,(H,36,43). The molecular weight excluding hydrogens is 633 g/mol. The Morgan fingerprint density at radius 2 is 1.81 bits per heavy atom. The Hall–Kier alpha value is -4.94. The molecule has 3 aromatic carbocycles. The third-order valence-corrected chi connectivity index (χ3v) is 9.44. The van der Waals surface area contributed by atoms with Gasteiger partial charge in [-0.05, 0) is 73.3 Å². The topological polar surface area (TPSA) is 111 Å². The van der Waals surface area contributed by atoms with Crippen LogP contribution in [0.3, 0.4) is 0 Å². The van der Waals surface area contributed by atoms with Crippen molar-refractivity contribution in [2.75, 3.05) is 19.5 Å². The van der Waals surface area contributed by atoms with Crippen molar-refractivity contribution in [3.8, 4) is 17.2 Å². The molecule has 10 nitrogen and oxygen atoms in total. The smallest absolute Gasteiger partial charge is 0.253 e. The van der Waals surface area contributed by atoms with Gasteiger partial charge in [0.1, 0.15) is 11.5 Å². The number of nitrogens with zero attached hydrogens (tertiary/aromatic N) is 5. The summed E-state index contributed by atoms with van der Waals surface area (Å²) < 4.78 is 12.7. The number of ether oxygens (including phenoxy) is 2. The van der Waals surface area contributed by atoms with Gasteiger partial charge in [-0.25, -0.2) is 5.01 Å². The second-order valence-corrected chi connectivity index (χ2v) is 12.6. The Kier molecular flexibility index (Phi) is 9.98. The number of thioether (sulfide) groups is 1. The maximum absolute atomic E-state index is 13.8. The summed E-state index contributed by atoms with van der Waals surface area (Å²) in [5.74, 6) is 1.52. The van der Waals surface area contributed by atoms with E-state index in [4.69, 9.17) is 14.6 Å². The van der Waals surface area contributed by atoms with Crippen LogP contribution in [0.4, 0.5) is 0 Å². The molecule has 1 unspecified atom stereocenters. The molecular formula is C35H34N6O4S2. The van der Waals surface area contributed by atoms with E-state index >= 15 is 0 Å². The molecule has 0 radical (unpaired) electrons. The molecule has 240 valence electrons. The summed E-state index contributed by atoms with van der Waals surface area (Å²) in [5.41, 5.74) is 4.33. The van der Waals surface area contributed by atoms with Crippen LogP contribution in [0.15, 0.2) is 101 Å². The van der Waals surface area contributed by atoms with Crippen LogP contribution in [0.25, 0.3) is 5.69 Å². The molecule has 0 spiro atoms. The van der Waals surface area contributed by atoms with Gasteiger partial charge >= 0.3 is 0 Å². The van der Waals surface area contributed by atoms with E-state index in [2.05, 4.69) is 39.8 Å². The normalized spacial score (nSPS) is 14.1. The van der Waals surface area contributed by atoms with Crippen molar-refractivity contribution in [1.29, 1.82) is 0 Å². The number of amides is 2. The van der Waals surface area contributed by atoms with Gasteiger partial charge in [-0.1, -0.05) is 53.7 Å². The van der Waals surface area contributed by atoms with Gasteiger partial charge in [0.05, 0.1) is 42.6 Å². The highest BCUT2D eigenvalue weighted by atomic mass is 32.2. The van der Waals surface area contributed by atoms with Crippen molar-refractivity contribution in [1.82, 2.24) is 25.1 Å². The molecule has 2 amide bonds. The lowest BCUT2D eigenvalue weighted by atomic mass is 10.00. The number of nitrogens with one attached hydrogen (secondary N) is 1. The summed E-state index contributed by atoms with van der Waals surface area (Å²) in [7, 11) is 1.56. The molecule has 0 aliphatic carbocycles. The monoisotopic (exact) mass is 666 g/mol. The number of hydrazone groups is 1. The van der Waals surface area contributed by atoms with Gasteiger partial charge < -0.3 is 14.8 Å². The van der Waals surface area contributed by atoms with Crippen LogP contribution in [0.5, 0.6) is 11.5 Å². The van der Waals surface area contributed by atoms with Crippen LogP contribution in [0.2, 0.25) is 0 Å². The third-order valence-electron chi connectivity index (χ3n) is 7.60. The predicted molar refractivity (Wildman–Crippen MR) is 184 cm³/mol. The Balaban J connectivity index is 1.24. The predicted octanol–water partition coefficient (Wildman–Crippen LogP) is 6.44. The van der Waals surface area contributed by atoms with Crippen LogP contribution in [-0.4, -0.2) is 56.8 Å². The first-order chi connectivity index (χ1) is 22.9. The number of aromatic nitrogens is 3. The lowest BCUT2D eigenvalue weighted by molar-refractivity contribution is -0.130. The van der Waals surface area contributed by atoms with Gasteiger partial charge in [0, 0.05) is 17.7 Å². The maximum atomic E-state index is 13.8. The fraction of sp³-hybridized carbons (Fsp3) is 0.229. The van der Waals surface area contributed by atoms with Gasteiger partial charge in [-0.15, -0.1) is 21.5 Å². The Morgan fingerprint density at radius 3 is 2.53 bits per heavy atom. The molecule has 0 saturated heterocycles. The van der Waals surface area contributed by atoms with Crippen molar-refractivity contribution in [2.45, 2.75) is 38.0 Å². The summed E-state index contributed by atoms with van der Waals surface area (Å²) in [6.07, 6.45) is 0.638. The molecule has 12 heteroatoms. The molecule has 0 bridgehead atoms. The van der Waals surface area contributed by atoms with Crippen molar-refractivity contribution < 1.29 is 19.1 Å². The summed E-state index contributed by atoms with van der Waals surface area (Å²) in [4.78, 5) is 27.9. The number of carbonyl (C=O) groups excluding carboxylic acids is 2. The number of aryl methyl sites for hydroxylation is 1. The third kappa shape index (κ3) is 7.39. The lowest BCUT2D eigenvalue weighted by Gasteiger charge is -2.22. The van der Waals surface area contributed by atoms with Gasteiger partial charge in [-0.3, -0.25) is 14.2 Å². The second-order valence-electron chi connectivity index (χ2n) is 10.8. The highest BCUT2D eigenvalue weighted by Gasteiger charge is 2.33. The fourth-order valence-electron chi connectivity index (χ4n) is 5.22. The van der Waals surface area contributed by atoms with Crippen LogP contribution in [0, 0.1) is 6.92 Å². The zero-order valence-electron chi connectivity index (χ0n) is 26.3. The van der Waals surface area contributed by atoms with Crippen molar-refractivity contribution in [3.63, 3.8) is 0 Å². The molecule has 5 aromatic rings. The molecule has 3 heterocycles. The minimum atomic E-state index is -0.273. The summed E-state index contributed by atoms with van der Waals surface area (Å²) in [6.45, 7) is 4.64. The minimum absolute atomic E-state index is 0.0922. The van der Waals surface area contributed by atoms with Crippen LogP contribution in [0.1, 0.15) is 51.6 Å². The Morgan fingerprint density at radius 1 is 1.00 bits per heavy atom. The summed E-state index contributed by atoms with van der Waals surface area (Å²) in [5, 5.41) is 20.7. The number of methoxy groups -OCH3 is 1. The summed E-state index contributed by atoms with van der Waals surface area (Å²) >= 11 is 2.89. The number of hydrogen-bond acceptors (Lipinski definition) is 9. The van der Waals surface area contributed by atoms with Crippen LogP contribution in [-0.2, 0) is 11.3 Å². The molecule has 2 aromatic heterocycles. The van der Waals surface area contributed by atoms with E-state index in [1.54, 1.807) is 47.7 Å². The second kappa shape index (κ2) is 14.7. The summed E-state index contributed by atoms with van der Waals surface area (Å²) in [6, 6.07) is 26.6. The van der Waals surface area contributed by atoms with E-state index in [0.29, 0.717) is 35.3 Å². The molecule has 0 fully saturated rings. The highest BCUT2D eigenvalue weighted by Crippen LogP contribution is 2.35. The molecule has 0 saturated carbocycles. The van der Waals surface area contributed by atoms with E-state index in [0.717, 1.165) is 33.2 Å². The number of rotatable bonds is 12. The van der Waals surface area contributed by atoms with Gasteiger partial charge in [-0.2, -0.15) is 5.10 Å². The average Bonchev–Trinajstić information content (AvgIpc) is 3.88. The van der Waals surface area contributed by atoms with Crippen molar-refractivity contribution >= 4 is 40.6 Å². The average molecular weight is 667 g/mol. The molecule has 6 rings (SSSR count). The van der Waals surface area contributed by atoms with Crippen LogP contribution >= 0.6 is 23.1 Å². The lowest BCUT2D eigenvalue weighted by Crippen LogP contribution is -2.28. The Labute approximate surface area is 281 Å². The van der Waals surface area contributed by atoms with E-state index in [1.807, 2.05) is 60.2 Å². The minimum Gasteiger partial charge on any atom is -0.497 e. The first-order valence-electron chi connectivity index (χ1n) is 15.2. The largest absolute Gasteiger partial charge is 0.497 e. The molecule has 1 aliphatic heterocycles. The van der Waals surface area contributed by atoms with Gasteiger partial charge in [0.25, 0.3) is 11.8 Å². The molecule has 47 heavy (non-hydrogen) atoms. The van der Waals surface area contributed by atoms with Crippen molar-refractivity contribution in [2.24, 2.45) is 5.10 Å². The van der Waals surface area contributed by atoms with Gasteiger partial charge in [0.15, 0.2) is 11.0 Å². The number of carbonyl (C=O) groups is 2. The first kappa shape index (κ1) is 32.0. The fourth-order valence-corrected chi connectivity index (χ4v) is 6.77. The number of hydrogen-bond donors (Lipinski definition) is 1.